The number of hydrogen-bond donors (Lipinski definition) is 6. The van der Waals surface area contributed by atoms with E-state index < -0.39 is 35.7 Å². The Morgan fingerprint density at radius 1 is 0.814 bits per heavy atom. The van der Waals surface area contributed by atoms with Crippen molar-refractivity contribution < 1.29 is 19.2 Å². The molecule has 0 unspecified atom stereocenters. The van der Waals surface area contributed by atoms with E-state index in [0.717, 1.165) is 11.1 Å². The van der Waals surface area contributed by atoms with E-state index in [4.69, 9.17) is 28.7 Å². The lowest BCUT2D eigenvalue weighted by Gasteiger charge is -2.24. The molecular formula is C31H46N8O4. The highest BCUT2D eigenvalue weighted by atomic mass is 16.2. The number of aliphatic imine (C=N–C) groups is 1. The minimum atomic E-state index is -0.864. The predicted molar refractivity (Wildman–Crippen MR) is 166 cm³/mol. The molecule has 0 spiro atoms. The molecule has 0 saturated carbocycles. The number of carbonyl (C=O) groups excluding carboxylic acids is 4. The monoisotopic (exact) mass is 594 g/mol. The van der Waals surface area contributed by atoms with Gasteiger partial charge in [0.1, 0.15) is 5.78 Å². The number of primary amides is 1. The molecule has 1 aromatic carbocycles. The molecule has 0 aliphatic heterocycles. The number of pyridine rings is 1. The lowest BCUT2D eigenvalue weighted by molar-refractivity contribution is -0.133. The average molecular weight is 595 g/mol. The van der Waals surface area contributed by atoms with Crippen LogP contribution in [-0.2, 0) is 32.0 Å². The Balaban J connectivity index is 2.18. The van der Waals surface area contributed by atoms with Crippen molar-refractivity contribution in [1.82, 2.24) is 10.3 Å². The van der Waals surface area contributed by atoms with Gasteiger partial charge in [0, 0.05) is 43.6 Å². The highest BCUT2D eigenvalue weighted by molar-refractivity contribution is 5.94. The number of hydrogen-bond acceptors (Lipinski definition) is 8. The van der Waals surface area contributed by atoms with Crippen molar-refractivity contribution in [1.29, 1.82) is 0 Å². The van der Waals surface area contributed by atoms with Crippen LogP contribution in [0.5, 0.6) is 0 Å². The van der Waals surface area contributed by atoms with E-state index in [9.17, 15) is 19.2 Å². The van der Waals surface area contributed by atoms with Crippen LogP contribution in [0.1, 0.15) is 56.1 Å². The zero-order chi connectivity index (χ0) is 31.6. The van der Waals surface area contributed by atoms with Gasteiger partial charge in [-0.15, -0.1) is 0 Å². The first-order chi connectivity index (χ1) is 20.6. The summed E-state index contributed by atoms with van der Waals surface area (Å²) in [6, 6.07) is 11.2. The Morgan fingerprint density at radius 2 is 1.49 bits per heavy atom. The molecular weight excluding hydrogens is 548 g/mol. The second-order valence-electron chi connectivity index (χ2n) is 10.8. The Morgan fingerprint density at radius 3 is 2.12 bits per heavy atom. The standard InChI is InChI=1S/C31H46N8O4/c32-13-5-4-12-26(28(41)18-23(29(34)42)16-21-8-2-1-3-9-21)39-30(43)24(17-22-10-6-14-37-20-22)19-27(40)25(33)11-7-15-38-31(35)36/h1-3,6,8-10,14,20,23-26H,4-5,7,11-13,15-19,32-33H2,(H2,34,42)(H,39,43)(H4,35,36,38)/t23-,24-,25-,26+/m1/s1. The highest BCUT2D eigenvalue weighted by Gasteiger charge is 2.30. The van der Waals surface area contributed by atoms with Gasteiger partial charge in [-0.1, -0.05) is 36.4 Å². The number of nitrogens with one attached hydrogen (secondary N) is 1. The third-order valence-corrected chi connectivity index (χ3v) is 7.23. The van der Waals surface area contributed by atoms with E-state index in [0.29, 0.717) is 51.6 Å². The summed E-state index contributed by atoms with van der Waals surface area (Å²) in [5.74, 6) is -3.17. The predicted octanol–water partition coefficient (Wildman–Crippen LogP) is 0.498. The first kappa shape index (κ1) is 35.0. The summed E-state index contributed by atoms with van der Waals surface area (Å²) >= 11 is 0. The maximum atomic E-state index is 13.7. The van der Waals surface area contributed by atoms with Crippen LogP contribution in [0.15, 0.2) is 59.9 Å². The first-order valence-corrected chi connectivity index (χ1v) is 14.7. The van der Waals surface area contributed by atoms with E-state index in [1.807, 2.05) is 36.4 Å². The number of nitrogens with two attached hydrogens (primary N) is 5. The van der Waals surface area contributed by atoms with Crippen molar-refractivity contribution in [3.8, 4) is 0 Å². The lowest BCUT2D eigenvalue weighted by atomic mass is 9.88. The van der Waals surface area contributed by atoms with E-state index in [-0.39, 0.29) is 36.8 Å². The Labute approximate surface area is 253 Å². The topological polar surface area (TPSA) is 236 Å². The second kappa shape index (κ2) is 19.1. The number of aromatic nitrogens is 1. The second-order valence-corrected chi connectivity index (χ2v) is 10.8. The zero-order valence-electron chi connectivity index (χ0n) is 24.7. The maximum Gasteiger partial charge on any atom is 0.224 e. The molecule has 2 aromatic rings. The molecule has 2 rings (SSSR count). The number of guanidine groups is 1. The van der Waals surface area contributed by atoms with Crippen LogP contribution < -0.4 is 34.0 Å². The van der Waals surface area contributed by atoms with Crippen LogP contribution in [0.25, 0.3) is 0 Å². The summed E-state index contributed by atoms with van der Waals surface area (Å²) in [6.45, 7) is 0.776. The molecule has 1 aromatic heterocycles. The average Bonchev–Trinajstić information content (AvgIpc) is 2.98. The minimum Gasteiger partial charge on any atom is -0.370 e. The molecule has 234 valence electrons. The lowest BCUT2D eigenvalue weighted by Crippen LogP contribution is -2.46. The van der Waals surface area contributed by atoms with Gasteiger partial charge in [0.2, 0.25) is 11.8 Å². The summed E-state index contributed by atoms with van der Waals surface area (Å²) in [4.78, 5) is 60.5. The molecule has 12 heteroatoms. The zero-order valence-corrected chi connectivity index (χ0v) is 24.7. The third-order valence-electron chi connectivity index (χ3n) is 7.23. The Bertz CT molecular complexity index is 1190. The number of rotatable bonds is 21. The highest BCUT2D eigenvalue weighted by Crippen LogP contribution is 2.19. The molecule has 0 aliphatic rings. The van der Waals surface area contributed by atoms with Crippen molar-refractivity contribution in [2.24, 2.45) is 45.5 Å². The van der Waals surface area contributed by atoms with Crippen molar-refractivity contribution >= 4 is 29.3 Å². The van der Waals surface area contributed by atoms with Gasteiger partial charge in [-0.05, 0) is 68.7 Å². The van der Waals surface area contributed by atoms with Gasteiger partial charge in [-0.3, -0.25) is 29.2 Å². The summed E-state index contributed by atoms with van der Waals surface area (Å²) in [5.41, 5.74) is 29.8. The van der Waals surface area contributed by atoms with Crippen LogP contribution in [0.2, 0.25) is 0 Å². The van der Waals surface area contributed by atoms with Gasteiger partial charge < -0.3 is 34.0 Å². The van der Waals surface area contributed by atoms with Crippen molar-refractivity contribution in [2.45, 2.75) is 69.9 Å². The van der Waals surface area contributed by atoms with E-state index >= 15 is 0 Å². The van der Waals surface area contributed by atoms with Gasteiger partial charge in [-0.2, -0.15) is 0 Å². The van der Waals surface area contributed by atoms with Gasteiger partial charge in [0.05, 0.1) is 12.1 Å². The molecule has 0 aliphatic carbocycles. The van der Waals surface area contributed by atoms with E-state index in [1.165, 1.54) is 0 Å². The van der Waals surface area contributed by atoms with Crippen LogP contribution >= 0.6 is 0 Å². The fraction of sp³-hybridized carbons (Fsp3) is 0.484. The largest absolute Gasteiger partial charge is 0.370 e. The maximum absolute atomic E-state index is 13.7. The number of benzene rings is 1. The van der Waals surface area contributed by atoms with E-state index in [1.54, 1.807) is 18.5 Å². The van der Waals surface area contributed by atoms with Gasteiger partial charge >= 0.3 is 0 Å². The minimum absolute atomic E-state index is 0.0362. The van der Waals surface area contributed by atoms with Gasteiger partial charge in [0.15, 0.2) is 11.7 Å². The number of ketones is 2. The summed E-state index contributed by atoms with van der Waals surface area (Å²) in [5, 5.41) is 2.87. The normalized spacial score (nSPS) is 13.7. The van der Waals surface area contributed by atoms with Crippen LogP contribution in [0.4, 0.5) is 0 Å². The summed E-state index contributed by atoms with van der Waals surface area (Å²) in [7, 11) is 0. The fourth-order valence-corrected chi connectivity index (χ4v) is 4.79. The van der Waals surface area contributed by atoms with E-state index in [2.05, 4.69) is 15.3 Å². The SMILES string of the molecule is NCCCC[C@H](NC(=O)[C@@H](CC(=O)[C@H](N)CCCN=C(N)N)Cc1cccnc1)C(=O)C[C@@H](Cc1ccccc1)C(N)=O. The van der Waals surface area contributed by atoms with Crippen LogP contribution in [0.3, 0.4) is 0 Å². The molecule has 0 fully saturated rings. The molecule has 2 amide bonds. The van der Waals surface area contributed by atoms with Gasteiger partial charge in [0.25, 0.3) is 0 Å². The van der Waals surface area contributed by atoms with Crippen LogP contribution in [0, 0.1) is 11.8 Å². The Hall–Kier alpha value is -4.16. The summed E-state index contributed by atoms with van der Waals surface area (Å²) in [6.07, 6.45) is 6.01. The molecule has 4 atom stereocenters. The molecule has 11 N–H and O–H groups in total. The number of nitrogens with zero attached hydrogens (tertiary/aromatic N) is 2. The number of carbonyl (C=O) groups is 4. The smallest absolute Gasteiger partial charge is 0.224 e. The quantitative estimate of drug-likeness (QED) is 0.0669. The van der Waals surface area contributed by atoms with Crippen molar-refractivity contribution in [3.63, 3.8) is 0 Å². The molecule has 0 saturated heterocycles. The van der Waals surface area contributed by atoms with Crippen molar-refractivity contribution in [3.05, 3.63) is 66.0 Å². The first-order valence-electron chi connectivity index (χ1n) is 14.7. The molecule has 12 nitrogen and oxygen atoms in total. The molecule has 43 heavy (non-hydrogen) atoms. The Kier molecular flexibility index (Phi) is 15.6. The molecule has 0 bridgehead atoms. The molecule has 0 radical (unpaired) electrons. The molecule has 1 heterocycles. The number of Topliss-reactive ketones (excluding diaryl/α,β-unsaturated/α-hetero) is 2. The van der Waals surface area contributed by atoms with Crippen LogP contribution in [-0.4, -0.2) is 59.5 Å². The van der Waals surface area contributed by atoms with Gasteiger partial charge in [-0.25, -0.2) is 0 Å². The number of amides is 2. The fourth-order valence-electron chi connectivity index (χ4n) is 4.79. The third kappa shape index (κ3) is 13.6. The summed E-state index contributed by atoms with van der Waals surface area (Å²) < 4.78 is 0. The van der Waals surface area contributed by atoms with Crippen molar-refractivity contribution in [2.75, 3.05) is 13.1 Å². The number of unbranched alkanes of at least 4 members (excludes halogenated alkanes) is 1.